The number of benzene rings is 1. The summed E-state index contributed by atoms with van der Waals surface area (Å²) in [6.45, 7) is 1.81. The van der Waals surface area contributed by atoms with Crippen LogP contribution in [0.4, 0.5) is 0 Å². The minimum atomic E-state index is 0.00117. The average Bonchev–Trinajstić information content (AvgIpc) is 3.10. The highest BCUT2D eigenvalue weighted by Gasteiger charge is 2.40. The Morgan fingerprint density at radius 1 is 1.19 bits per heavy atom. The number of hydrogen-bond acceptors (Lipinski definition) is 2. The van der Waals surface area contributed by atoms with Gasteiger partial charge < -0.3 is 10.5 Å². The zero-order chi connectivity index (χ0) is 11.0. The van der Waals surface area contributed by atoms with Crippen molar-refractivity contribution in [3.05, 3.63) is 35.4 Å². The lowest BCUT2D eigenvalue weighted by Gasteiger charge is -2.23. The van der Waals surface area contributed by atoms with Crippen LogP contribution in [0.5, 0.6) is 0 Å². The molecule has 3 rings (SSSR count). The molecule has 1 aliphatic heterocycles. The Morgan fingerprint density at radius 2 is 1.94 bits per heavy atom. The summed E-state index contributed by atoms with van der Waals surface area (Å²) in [5, 5.41) is 0. The molecule has 16 heavy (non-hydrogen) atoms. The predicted octanol–water partition coefficient (Wildman–Crippen LogP) is 2.53. The summed E-state index contributed by atoms with van der Waals surface area (Å²) >= 11 is 0. The third-order valence-electron chi connectivity index (χ3n) is 3.94. The van der Waals surface area contributed by atoms with Gasteiger partial charge >= 0.3 is 0 Å². The van der Waals surface area contributed by atoms with Gasteiger partial charge in [0.2, 0.25) is 0 Å². The molecule has 1 heterocycles. The van der Waals surface area contributed by atoms with Gasteiger partial charge in [-0.2, -0.15) is 0 Å². The topological polar surface area (TPSA) is 35.2 Å². The van der Waals surface area contributed by atoms with Crippen LogP contribution in [0.1, 0.15) is 42.7 Å². The third kappa shape index (κ3) is 1.87. The fraction of sp³-hybridized carbons (Fsp3) is 0.571. The molecular weight excluding hydrogens is 198 g/mol. The minimum absolute atomic E-state index is 0.00117. The van der Waals surface area contributed by atoms with Gasteiger partial charge in [0.25, 0.3) is 0 Å². The van der Waals surface area contributed by atoms with Crippen molar-refractivity contribution in [2.45, 2.75) is 37.1 Å². The lowest BCUT2D eigenvalue weighted by molar-refractivity contribution is 0.0853. The Labute approximate surface area is 96.8 Å². The van der Waals surface area contributed by atoms with Crippen LogP contribution < -0.4 is 5.73 Å². The summed E-state index contributed by atoms with van der Waals surface area (Å²) in [6.07, 6.45) is 4.59. The molecule has 2 nitrogen and oxygen atoms in total. The summed E-state index contributed by atoms with van der Waals surface area (Å²) in [6, 6.07) is 8.90. The van der Waals surface area contributed by atoms with Crippen molar-refractivity contribution in [2.75, 3.05) is 13.2 Å². The minimum Gasteiger partial charge on any atom is -0.381 e. The molecule has 0 spiro atoms. The second-order valence-electron chi connectivity index (χ2n) is 5.17. The van der Waals surface area contributed by atoms with Crippen LogP contribution in [0, 0.1) is 0 Å². The van der Waals surface area contributed by atoms with Crippen LogP contribution >= 0.6 is 0 Å². The Morgan fingerprint density at radius 3 is 2.62 bits per heavy atom. The summed E-state index contributed by atoms with van der Waals surface area (Å²) < 4.78 is 5.41. The van der Waals surface area contributed by atoms with E-state index < -0.39 is 0 Å². The van der Waals surface area contributed by atoms with Crippen LogP contribution in [-0.2, 0) is 10.3 Å². The highest BCUT2D eigenvalue weighted by atomic mass is 16.5. The van der Waals surface area contributed by atoms with Crippen LogP contribution in [0.15, 0.2) is 24.3 Å². The fourth-order valence-corrected chi connectivity index (χ4v) is 2.56. The third-order valence-corrected chi connectivity index (χ3v) is 3.94. The Hall–Kier alpha value is -0.860. The number of ether oxygens (including phenoxy) is 1. The molecule has 1 aromatic rings. The van der Waals surface area contributed by atoms with Gasteiger partial charge in [-0.1, -0.05) is 24.3 Å². The van der Waals surface area contributed by atoms with E-state index in [1.165, 1.54) is 11.1 Å². The molecule has 0 atom stereocenters. The van der Waals surface area contributed by atoms with Gasteiger partial charge in [-0.25, -0.2) is 0 Å². The molecule has 1 aliphatic carbocycles. The maximum atomic E-state index is 6.24. The Kier molecular flexibility index (Phi) is 2.49. The van der Waals surface area contributed by atoms with E-state index in [0.29, 0.717) is 5.92 Å². The van der Waals surface area contributed by atoms with Crippen molar-refractivity contribution < 1.29 is 4.74 Å². The number of rotatable bonds is 2. The summed E-state index contributed by atoms with van der Waals surface area (Å²) in [5.74, 6) is 0.677. The van der Waals surface area contributed by atoms with Crippen LogP contribution in [-0.4, -0.2) is 13.2 Å². The maximum Gasteiger partial charge on any atom is 0.0471 e. The van der Waals surface area contributed by atoms with Crippen molar-refractivity contribution >= 4 is 0 Å². The van der Waals surface area contributed by atoms with E-state index in [0.717, 1.165) is 38.9 Å². The maximum absolute atomic E-state index is 6.24. The highest BCUT2D eigenvalue weighted by Crippen LogP contribution is 2.43. The highest BCUT2D eigenvalue weighted by molar-refractivity contribution is 5.34. The summed E-state index contributed by atoms with van der Waals surface area (Å²) in [5.41, 5.74) is 9.03. The molecular formula is C14H19NO. The van der Waals surface area contributed by atoms with Crippen molar-refractivity contribution in [1.29, 1.82) is 0 Å². The largest absolute Gasteiger partial charge is 0.381 e. The molecule has 2 fully saturated rings. The molecule has 1 saturated carbocycles. The molecule has 1 aromatic carbocycles. The van der Waals surface area contributed by atoms with Gasteiger partial charge in [0.1, 0.15) is 0 Å². The predicted molar refractivity (Wildman–Crippen MR) is 64.3 cm³/mol. The van der Waals surface area contributed by atoms with Crippen molar-refractivity contribution in [3.63, 3.8) is 0 Å². The van der Waals surface area contributed by atoms with E-state index in [-0.39, 0.29) is 5.54 Å². The van der Waals surface area contributed by atoms with Crippen molar-refractivity contribution in [1.82, 2.24) is 0 Å². The van der Waals surface area contributed by atoms with Crippen LogP contribution in [0.3, 0.4) is 0 Å². The van der Waals surface area contributed by atoms with Gasteiger partial charge in [0.15, 0.2) is 0 Å². The molecule has 0 bridgehead atoms. The van der Waals surface area contributed by atoms with Crippen molar-refractivity contribution in [2.24, 2.45) is 5.73 Å². The van der Waals surface area contributed by atoms with E-state index in [9.17, 15) is 0 Å². The lowest BCUT2D eigenvalue weighted by Crippen LogP contribution is -2.19. The first-order valence-electron chi connectivity index (χ1n) is 6.25. The smallest absolute Gasteiger partial charge is 0.0471 e. The Balaban J connectivity index is 1.84. The van der Waals surface area contributed by atoms with Gasteiger partial charge in [0, 0.05) is 18.8 Å². The molecule has 0 unspecified atom stereocenters. The second-order valence-corrected chi connectivity index (χ2v) is 5.17. The molecule has 0 amide bonds. The summed E-state index contributed by atoms with van der Waals surface area (Å²) in [7, 11) is 0. The normalized spacial score (nSPS) is 24.3. The monoisotopic (exact) mass is 217 g/mol. The van der Waals surface area contributed by atoms with Crippen molar-refractivity contribution in [3.8, 4) is 0 Å². The standard InChI is InChI=1S/C14H19NO/c15-14(6-7-14)13-3-1-2-12(10-13)11-4-8-16-9-5-11/h1-3,10-11H,4-9,15H2. The summed E-state index contributed by atoms with van der Waals surface area (Å²) in [4.78, 5) is 0. The zero-order valence-corrected chi connectivity index (χ0v) is 9.61. The zero-order valence-electron chi connectivity index (χ0n) is 9.61. The van der Waals surface area contributed by atoms with Gasteiger partial charge in [-0.3, -0.25) is 0 Å². The second kappa shape index (κ2) is 3.86. The molecule has 1 saturated heterocycles. The van der Waals surface area contributed by atoms with E-state index in [1.54, 1.807) is 0 Å². The first kappa shape index (κ1) is 10.3. The van der Waals surface area contributed by atoms with E-state index in [4.69, 9.17) is 10.5 Å². The Bertz CT molecular complexity index is 378. The van der Waals surface area contributed by atoms with Gasteiger partial charge in [-0.05, 0) is 42.7 Å². The van der Waals surface area contributed by atoms with Gasteiger partial charge in [-0.15, -0.1) is 0 Å². The molecule has 2 aliphatic rings. The average molecular weight is 217 g/mol. The fourth-order valence-electron chi connectivity index (χ4n) is 2.56. The molecule has 0 aromatic heterocycles. The molecule has 2 heteroatoms. The quantitative estimate of drug-likeness (QED) is 0.826. The first-order chi connectivity index (χ1) is 7.78. The van der Waals surface area contributed by atoms with Crippen LogP contribution in [0.2, 0.25) is 0 Å². The number of nitrogens with two attached hydrogens (primary N) is 1. The van der Waals surface area contributed by atoms with E-state index in [2.05, 4.69) is 24.3 Å². The SMILES string of the molecule is NC1(c2cccc(C3CCOCC3)c2)CC1. The van der Waals surface area contributed by atoms with Crippen LogP contribution in [0.25, 0.3) is 0 Å². The van der Waals surface area contributed by atoms with Gasteiger partial charge in [0.05, 0.1) is 0 Å². The molecule has 2 N–H and O–H groups in total. The number of hydrogen-bond donors (Lipinski definition) is 1. The van der Waals surface area contributed by atoms with E-state index in [1.807, 2.05) is 0 Å². The van der Waals surface area contributed by atoms with E-state index >= 15 is 0 Å². The molecule has 0 radical (unpaired) electrons. The lowest BCUT2D eigenvalue weighted by atomic mass is 9.89. The molecule has 86 valence electrons. The first-order valence-corrected chi connectivity index (χ1v) is 6.25.